The molecule has 2 aromatic carbocycles. The third kappa shape index (κ3) is 3.30. The smallest absolute Gasteiger partial charge is 0.354 e. The van der Waals surface area contributed by atoms with E-state index in [1.807, 2.05) is 30.3 Å². The summed E-state index contributed by atoms with van der Waals surface area (Å²) in [5.74, 6) is -1.66. The third-order valence-electron chi connectivity index (χ3n) is 4.86. The normalized spacial score (nSPS) is 16.9. The molecule has 4 rings (SSSR count). The molecule has 1 fully saturated rings. The molecule has 0 unspecified atom stereocenters. The lowest BCUT2D eigenvalue weighted by molar-refractivity contribution is 0.0275. The summed E-state index contributed by atoms with van der Waals surface area (Å²) in [5, 5.41) is 17.3. The number of hydrogen-bond acceptors (Lipinski definition) is 4. The quantitative estimate of drug-likeness (QED) is 0.726. The number of carboxylic acids is 1. The Balaban J connectivity index is 1.85. The van der Waals surface area contributed by atoms with Gasteiger partial charge in [0, 0.05) is 36.8 Å². The Kier molecular flexibility index (Phi) is 4.93. The van der Waals surface area contributed by atoms with Gasteiger partial charge < -0.3 is 15.2 Å². The Bertz CT molecular complexity index is 1010. The molecule has 28 heavy (non-hydrogen) atoms. The standard InChI is InChI=1S/C21H20FN3O3/c1-25-20(21(26)27)18(19(24-25)13-5-3-2-4-6-13)15-8-7-14(11-16(15)22)17-12-23-9-10-28-17/h2-8,11,17,23H,9-10,12H2,1H3,(H,26,27)/t17-/m1/s1. The highest BCUT2D eigenvalue weighted by molar-refractivity contribution is 5.99. The van der Waals surface area contributed by atoms with Crippen molar-refractivity contribution in [2.75, 3.05) is 19.7 Å². The zero-order valence-corrected chi connectivity index (χ0v) is 15.4. The molecule has 3 aromatic rings. The summed E-state index contributed by atoms with van der Waals surface area (Å²) >= 11 is 0. The first-order chi connectivity index (χ1) is 13.6. The maximum atomic E-state index is 15.1. The van der Waals surface area contributed by atoms with Crippen LogP contribution in [0.3, 0.4) is 0 Å². The SMILES string of the molecule is Cn1nc(-c2ccccc2)c(-c2ccc([C@H]3CNCCO3)cc2F)c1C(=O)O. The van der Waals surface area contributed by atoms with Gasteiger partial charge in [0.25, 0.3) is 0 Å². The van der Waals surface area contributed by atoms with Gasteiger partial charge in [-0.15, -0.1) is 0 Å². The van der Waals surface area contributed by atoms with Crippen LogP contribution in [0.4, 0.5) is 4.39 Å². The maximum Gasteiger partial charge on any atom is 0.354 e. The highest BCUT2D eigenvalue weighted by atomic mass is 19.1. The van der Waals surface area contributed by atoms with Crippen LogP contribution in [0.15, 0.2) is 48.5 Å². The van der Waals surface area contributed by atoms with Gasteiger partial charge in [0.2, 0.25) is 0 Å². The van der Waals surface area contributed by atoms with Crippen molar-refractivity contribution in [2.24, 2.45) is 7.05 Å². The molecule has 0 bridgehead atoms. The summed E-state index contributed by atoms with van der Waals surface area (Å²) < 4.78 is 22.1. The van der Waals surface area contributed by atoms with Gasteiger partial charge in [0.1, 0.15) is 11.5 Å². The predicted octanol–water partition coefficient (Wildman–Crippen LogP) is 3.25. The van der Waals surface area contributed by atoms with E-state index >= 15 is 4.39 Å². The molecule has 2 N–H and O–H groups in total. The first-order valence-corrected chi connectivity index (χ1v) is 9.04. The summed E-state index contributed by atoms with van der Waals surface area (Å²) in [5.41, 5.74) is 2.30. The van der Waals surface area contributed by atoms with E-state index in [2.05, 4.69) is 10.4 Å². The fourth-order valence-electron chi connectivity index (χ4n) is 3.54. The Hall–Kier alpha value is -3.03. The van der Waals surface area contributed by atoms with Crippen LogP contribution < -0.4 is 5.32 Å². The van der Waals surface area contributed by atoms with Gasteiger partial charge in [-0.3, -0.25) is 4.68 Å². The van der Waals surface area contributed by atoms with Crippen molar-refractivity contribution in [3.8, 4) is 22.4 Å². The largest absolute Gasteiger partial charge is 0.477 e. The molecule has 1 aliphatic heterocycles. The number of nitrogens with zero attached hydrogens (tertiary/aromatic N) is 2. The van der Waals surface area contributed by atoms with Crippen molar-refractivity contribution >= 4 is 5.97 Å². The van der Waals surface area contributed by atoms with Crippen LogP contribution in [-0.4, -0.2) is 40.6 Å². The topological polar surface area (TPSA) is 76.4 Å². The molecule has 0 spiro atoms. The second-order valence-corrected chi connectivity index (χ2v) is 6.67. The van der Waals surface area contributed by atoms with E-state index in [1.165, 1.54) is 10.7 Å². The summed E-state index contributed by atoms with van der Waals surface area (Å²) in [6, 6.07) is 14.0. The summed E-state index contributed by atoms with van der Waals surface area (Å²) in [7, 11) is 1.55. The fourth-order valence-corrected chi connectivity index (χ4v) is 3.54. The molecule has 0 saturated carbocycles. The lowest BCUT2D eigenvalue weighted by atomic mass is 9.96. The minimum absolute atomic E-state index is 0.0545. The van der Waals surface area contributed by atoms with Crippen molar-refractivity contribution in [1.82, 2.24) is 15.1 Å². The van der Waals surface area contributed by atoms with E-state index < -0.39 is 11.8 Å². The fraction of sp³-hybridized carbons (Fsp3) is 0.238. The molecule has 1 saturated heterocycles. The van der Waals surface area contributed by atoms with E-state index in [1.54, 1.807) is 19.2 Å². The van der Waals surface area contributed by atoms with Crippen LogP contribution in [0, 0.1) is 5.82 Å². The number of halogens is 1. The number of benzene rings is 2. The molecule has 0 aliphatic carbocycles. The van der Waals surface area contributed by atoms with Gasteiger partial charge >= 0.3 is 5.97 Å². The van der Waals surface area contributed by atoms with E-state index in [-0.39, 0.29) is 22.9 Å². The van der Waals surface area contributed by atoms with Gasteiger partial charge in [-0.05, 0) is 11.6 Å². The van der Waals surface area contributed by atoms with Crippen LogP contribution >= 0.6 is 0 Å². The average Bonchev–Trinajstić information content (AvgIpc) is 3.06. The average molecular weight is 381 g/mol. The van der Waals surface area contributed by atoms with Crippen molar-refractivity contribution in [3.05, 3.63) is 65.6 Å². The number of aromatic carboxylic acids is 1. The monoisotopic (exact) mass is 381 g/mol. The van der Waals surface area contributed by atoms with Gasteiger partial charge in [-0.2, -0.15) is 5.10 Å². The number of carboxylic acid groups (broad SMARTS) is 1. The summed E-state index contributed by atoms with van der Waals surface area (Å²) in [4.78, 5) is 11.9. The molecule has 0 amide bonds. The van der Waals surface area contributed by atoms with Crippen molar-refractivity contribution in [3.63, 3.8) is 0 Å². The molecule has 0 radical (unpaired) electrons. The number of ether oxygens (including phenoxy) is 1. The Morgan fingerprint density at radius 1 is 1.29 bits per heavy atom. The zero-order valence-electron chi connectivity index (χ0n) is 15.4. The Morgan fingerprint density at radius 3 is 2.71 bits per heavy atom. The van der Waals surface area contributed by atoms with Crippen LogP contribution in [0.5, 0.6) is 0 Å². The summed E-state index contributed by atoms with van der Waals surface area (Å²) in [6.07, 6.45) is -0.223. The minimum Gasteiger partial charge on any atom is -0.477 e. The second kappa shape index (κ2) is 7.53. The second-order valence-electron chi connectivity index (χ2n) is 6.67. The zero-order chi connectivity index (χ0) is 19.7. The molecule has 6 nitrogen and oxygen atoms in total. The van der Waals surface area contributed by atoms with Crippen LogP contribution in [-0.2, 0) is 11.8 Å². The first-order valence-electron chi connectivity index (χ1n) is 9.04. The molecule has 7 heteroatoms. The molecule has 2 heterocycles. The Labute approximate surface area is 161 Å². The van der Waals surface area contributed by atoms with Crippen molar-refractivity contribution < 1.29 is 19.0 Å². The first kappa shape index (κ1) is 18.3. The third-order valence-corrected chi connectivity index (χ3v) is 4.86. The summed E-state index contributed by atoms with van der Waals surface area (Å²) in [6.45, 7) is 1.95. The minimum atomic E-state index is -1.16. The predicted molar refractivity (Wildman–Crippen MR) is 103 cm³/mol. The Morgan fingerprint density at radius 2 is 2.07 bits per heavy atom. The highest BCUT2D eigenvalue weighted by Crippen LogP contribution is 2.37. The van der Waals surface area contributed by atoms with Crippen LogP contribution in [0.2, 0.25) is 0 Å². The number of hydrogen-bond donors (Lipinski definition) is 2. The number of aromatic nitrogens is 2. The van der Waals surface area contributed by atoms with Gasteiger partial charge in [0.15, 0.2) is 5.69 Å². The lowest BCUT2D eigenvalue weighted by Gasteiger charge is -2.24. The van der Waals surface area contributed by atoms with Gasteiger partial charge in [-0.25, -0.2) is 9.18 Å². The van der Waals surface area contributed by atoms with E-state index in [9.17, 15) is 9.90 Å². The van der Waals surface area contributed by atoms with E-state index in [0.717, 1.165) is 17.7 Å². The molecule has 1 aliphatic rings. The maximum absolute atomic E-state index is 15.1. The number of nitrogens with one attached hydrogen (secondary N) is 1. The molecular formula is C21H20FN3O3. The van der Waals surface area contributed by atoms with Gasteiger partial charge in [0.05, 0.1) is 12.7 Å². The van der Waals surface area contributed by atoms with E-state index in [0.29, 0.717) is 18.8 Å². The number of aryl methyl sites for hydroxylation is 1. The molecule has 144 valence electrons. The highest BCUT2D eigenvalue weighted by Gasteiger charge is 2.26. The number of morpholine rings is 1. The molecule has 1 aromatic heterocycles. The number of carbonyl (C=O) groups is 1. The van der Waals surface area contributed by atoms with Crippen LogP contribution in [0.1, 0.15) is 22.2 Å². The van der Waals surface area contributed by atoms with E-state index in [4.69, 9.17) is 4.74 Å². The van der Waals surface area contributed by atoms with Crippen molar-refractivity contribution in [1.29, 1.82) is 0 Å². The molecular weight excluding hydrogens is 361 g/mol. The van der Waals surface area contributed by atoms with Gasteiger partial charge in [-0.1, -0.05) is 42.5 Å². The number of rotatable bonds is 4. The van der Waals surface area contributed by atoms with Crippen molar-refractivity contribution in [2.45, 2.75) is 6.10 Å². The lowest BCUT2D eigenvalue weighted by Crippen LogP contribution is -2.33. The van der Waals surface area contributed by atoms with Crippen LogP contribution in [0.25, 0.3) is 22.4 Å². The molecule has 1 atom stereocenters.